The van der Waals surface area contributed by atoms with E-state index in [0.29, 0.717) is 10.9 Å². The highest BCUT2D eigenvalue weighted by atomic mass is 16.5. The second-order valence-electron chi connectivity index (χ2n) is 9.02. The van der Waals surface area contributed by atoms with Gasteiger partial charge in [0.1, 0.15) is 6.54 Å². The maximum atomic E-state index is 10.3. The number of nitrogens with zero attached hydrogens (tertiary/aromatic N) is 1. The van der Waals surface area contributed by atoms with Gasteiger partial charge >= 0.3 is 5.97 Å². The molecular formula is C22H46N2O6. The Morgan fingerprint density at radius 2 is 1.23 bits per heavy atom. The molecule has 0 fully saturated rings. The fraction of sp³-hybridized carbons (Fsp3) is 0.909. The summed E-state index contributed by atoms with van der Waals surface area (Å²) in [6.07, 6.45) is 14.8. The Kier molecular flexibility index (Phi) is 19.1. The first-order chi connectivity index (χ1) is 13.9. The molecule has 0 aliphatic heterocycles. The Bertz CT molecular complexity index is 436. The second kappa shape index (κ2) is 18.5. The number of carbonyl (C=O) groups excluding carboxylic acids is 1. The van der Waals surface area contributed by atoms with Gasteiger partial charge in [0.15, 0.2) is 0 Å². The van der Waals surface area contributed by atoms with Gasteiger partial charge in [0, 0.05) is 6.42 Å². The molecule has 0 radical (unpaired) electrons. The van der Waals surface area contributed by atoms with E-state index in [1.165, 1.54) is 57.8 Å². The first kappa shape index (κ1) is 31.0. The van der Waals surface area contributed by atoms with Gasteiger partial charge in [-0.15, -0.1) is 0 Å². The third-order valence-electron chi connectivity index (χ3n) is 4.51. The molecule has 30 heavy (non-hydrogen) atoms. The van der Waals surface area contributed by atoms with Gasteiger partial charge in [0.2, 0.25) is 5.91 Å². The number of likely N-dealkylation sites (N-methyl/N-ethyl adjacent to an activating group) is 1. The van der Waals surface area contributed by atoms with Gasteiger partial charge in [-0.05, 0) is 6.42 Å². The average Bonchev–Trinajstić information content (AvgIpc) is 2.59. The molecule has 4 N–H and O–H groups in total. The van der Waals surface area contributed by atoms with E-state index in [0.717, 1.165) is 12.8 Å². The quantitative estimate of drug-likeness (QED) is 0.147. The van der Waals surface area contributed by atoms with Gasteiger partial charge in [0.05, 0.1) is 33.7 Å². The summed E-state index contributed by atoms with van der Waals surface area (Å²) in [5, 5.41) is 39.6. The molecule has 0 atom stereocenters. The zero-order valence-electron chi connectivity index (χ0n) is 19.6. The minimum atomic E-state index is -2.06. The molecule has 0 aromatic rings. The summed E-state index contributed by atoms with van der Waals surface area (Å²) in [5.41, 5.74) is 0. The van der Waals surface area contributed by atoms with Gasteiger partial charge < -0.3 is 29.7 Å². The molecule has 180 valence electrons. The molecule has 0 aliphatic rings. The number of aliphatic carboxylic acids is 2. The van der Waals surface area contributed by atoms with Gasteiger partial charge in [-0.3, -0.25) is 10.1 Å². The third kappa shape index (κ3) is 29.0. The maximum Gasteiger partial charge on any atom is 0.317 e. The van der Waals surface area contributed by atoms with E-state index in [1.54, 1.807) is 21.1 Å². The summed E-state index contributed by atoms with van der Waals surface area (Å²) in [7, 11) is 5.40. The lowest BCUT2D eigenvalue weighted by Crippen LogP contribution is -2.47. The Hall–Kier alpha value is -1.22. The van der Waals surface area contributed by atoms with Crippen LogP contribution in [0.3, 0.4) is 0 Å². The van der Waals surface area contributed by atoms with Crippen LogP contribution in [0.2, 0.25) is 0 Å². The monoisotopic (exact) mass is 434 g/mol. The predicted molar refractivity (Wildman–Crippen MR) is 116 cm³/mol. The SMILES string of the molecule is CCCCCCCCCCCCCCC(O)(O)NCC(=O)O.C[N+](C)(C)CC(=O)[O-]. The lowest BCUT2D eigenvalue weighted by atomic mass is 10.0. The Morgan fingerprint density at radius 3 is 1.53 bits per heavy atom. The van der Waals surface area contributed by atoms with Gasteiger partial charge in [0.25, 0.3) is 0 Å². The Morgan fingerprint density at radius 1 is 0.833 bits per heavy atom. The summed E-state index contributed by atoms with van der Waals surface area (Å²) in [5.74, 6) is -4.16. The fourth-order valence-electron chi connectivity index (χ4n) is 2.91. The standard InChI is InChI=1S/C17H35NO4.C5H11NO2/c1-2-3-4-5-6-7-8-9-10-11-12-13-14-17(21,22)18-15-16(19)20;1-6(2,3)4-5(7)8/h18,21-22H,2-15H2,1H3,(H,19,20);4H2,1-3H3. The number of unbranched alkanes of at least 4 members (excludes halogenated alkanes) is 11. The summed E-state index contributed by atoms with van der Waals surface area (Å²) >= 11 is 0. The number of aliphatic hydroxyl groups is 2. The number of carboxylic acids is 2. The van der Waals surface area contributed by atoms with Crippen LogP contribution in [-0.2, 0) is 9.59 Å². The summed E-state index contributed by atoms with van der Waals surface area (Å²) in [6, 6.07) is 0. The van der Waals surface area contributed by atoms with Crippen molar-refractivity contribution in [3.8, 4) is 0 Å². The predicted octanol–water partition coefficient (Wildman–Crippen LogP) is 1.83. The van der Waals surface area contributed by atoms with Crippen molar-refractivity contribution in [2.45, 2.75) is 96.3 Å². The number of hydrogen-bond donors (Lipinski definition) is 4. The van der Waals surface area contributed by atoms with Crippen LogP contribution in [0, 0.1) is 0 Å². The van der Waals surface area contributed by atoms with Crippen molar-refractivity contribution in [3.05, 3.63) is 0 Å². The van der Waals surface area contributed by atoms with Crippen LogP contribution in [-0.4, -0.2) is 71.9 Å². The molecule has 0 spiro atoms. The van der Waals surface area contributed by atoms with Crippen LogP contribution in [0.5, 0.6) is 0 Å². The van der Waals surface area contributed by atoms with Gasteiger partial charge in [-0.2, -0.15) is 0 Å². The molecule has 0 aliphatic carbocycles. The number of hydrogen-bond acceptors (Lipinski definition) is 6. The molecule has 0 aromatic heterocycles. The molecular weight excluding hydrogens is 388 g/mol. The van der Waals surface area contributed by atoms with E-state index in [-0.39, 0.29) is 13.0 Å². The molecule has 8 heteroatoms. The van der Waals surface area contributed by atoms with Crippen molar-refractivity contribution < 1.29 is 34.5 Å². The first-order valence-corrected chi connectivity index (χ1v) is 11.3. The fourth-order valence-corrected chi connectivity index (χ4v) is 2.91. The first-order valence-electron chi connectivity index (χ1n) is 11.3. The van der Waals surface area contributed by atoms with Crippen molar-refractivity contribution in [1.29, 1.82) is 0 Å². The summed E-state index contributed by atoms with van der Waals surface area (Å²) in [6.45, 7) is 1.87. The van der Waals surface area contributed by atoms with Gasteiger partial charge in [-0.25, -0.2) is 0 Å². The van der Waals surface area contributed by atoms with Crippen molar-refractivity contribution >= 4 is 11.9 Å². The van der Waals surface area contributed by atoms with Crippen LogP contribution in [0.4, 0.5) is 0 Å². The molecule has 0 bridgehead atoms. The van der Waals surface area contributed by atoms with Crippen molar-refractivity contribution in [3.63, 3.8) is 0 Å². The van der Waals surface area contributed by atoms with E-state index >= 15 is 0 Å². The zero-order chi connectivity index (χ0) is 23.5. The number of carboxylic acid groups (broad SMARTS) is 2. The molecule has 0 unspecified atom stereocenters. The minimum Gasteiger partial charge on any atom is -0.544 e. The highest BCUT2D eigenvalue weighted by Gasteiger charge is 2.22. The molecule has 8 nitrogen and oxygen atoms in total. The number of carbonyl (C=O) groups is 2. The van der Waals surface area contributed by atoms with Crippen molar-refractivity contribution in [1.82, 2.24) is 5.32 Å². The normalized spacial score (nSPS) is 11.7. The Balaban J connectivity index is 0. The molecule has 0 aromatic carbocycles. The van der Waals surface area contributed by atoms with E-state index in [2.05, 4.69) is 12.2 Å². The maximum absolute atomic E-state index is 10.3. The smallest absolute Gasteiger partial charge is 0.317 e. The van der Waals surface area contributed by atoms with Crippen molar-refractivity contribution in [2.24, 2.45) is 0 Å². The second-order valence-corrected chi connectivity index (χ2v) is 9.02. The average molecular weight is 435 g/mol. The van der Waals surface area contributed by atoms with Crippen LogP contribution < -0.4 is 10.4 Å². The molecule has 0 saturated carbocycles. The molecule has 0 amide bonds. The summed E-state index contributed by atoms with van der Waals surface area (Å²) in [4.78, 5) is 20.2. The van der Waals surface area contributed by atoms with Crippen molar-refractivity contribution in [2.75, 3.05) is 34.2 Å². The van der Waals surface area contributed by atoms with E-state index < -0.39 is 24.4 Å². The minimum absolute atomic E-state index is 0.0694. The van der Waals surface area contributed by atoms with Crippen LogP contribution in [0.1, 0.15) is 90.4 Å². The largest absolute Gasteiger partial charge is 0.544 e. The summed E-state index contributed by atoms with van der Waals surface area (Å²) < 4.78 is 0.419. The zero-order valence-corrected chi connectivity index (χ0v) is 19.6. The van der Waals surface area contributed by atoms with Gasteiger partial charge in [-0.1, -0.05) is 77.6 Å². The topological polar surface area (TPSA) is 130 Å². The lowest BCUT2D eigenvalue weighted by Gasteiger charge is -2.23. The van der Waals surface area contributed by atoms with Crippen LogP contribution >= 0.6 is 0 Å². The third-order valence-corrected chi connectivity index (χ3v) is 4.51. The van der Waals surface area contributed by atoms with E-state index in [4.69, 9.17) is 5.11 Å². The van der Waals surface area contributed by atoms with Crippen LogP contribution in [0.15, 0.2) is 0 Å². The molecule has 0 saturated heterocycles. The number of nitrogens with one attached hydrogen (secondary N) is 1. The van der Waals surface area contributed by atoms with E-state index in [1.807, 2.05) is 0 Å². The van der Waals surface area contributed by atoms with Crippen LogP contribution in [0.25, 0.3) is 0 Å². The number of rotatable bonds is 18. The molecule has 0 heterocycles. The lowest BCUT2D eigenvalue weighted by molar-refractivity contribution is -0.864. The highest BCUT2D eigenvalue weighted by Crippen LogP contribution is 2.14. The highest BCUT2D eigenvalue weighted by molar-refractivity contribution is 5.69. The van der Waals surface area contributed by atoms with E-state index in [9.17, 15) is 24.9 Å². The number of quaternary nitrogens is 1. The Labute approximate surface area is 182 Å². The molecule has 0 rings (SSSR count).